The first-order chi connectivity index (χ1) is 12.2. The van der Waals surface area contributed by atoms with Crippen LogP contribution in [0, 0.1) is 0 Å². The minimum absolute atomic E-state index is 0.384. The summed E-state index contributed by atoms with van der Waals surface area (Å²) >= 11 is 12.2. The van der Waals surface area contributed by atoms with Gasteiger partial charge in [-0.2, -0.15) is 0 Å². The molecule has 0 N–H and O–H groups in total. The maximum absolute atomic E-state index is 6.23. The van der Waals surface area contributed by atoms with E-state index in [0.717, 1.165) is 29.0 Å². The third-order valence-electron chi connectivity index (χ3n) is 3.89. The first-order valence-electron chi connectivity index (χ1n) is 7.94. The molecule has 0 aliphatic carbocycles. The van der Waals surface area contributed by atoms with Crippen LogP contribution < -0.4 is 4.74 Å². The number of benzene rings is 2. The summed E-state index contributed by atoms with van der Waals surface area (Å²) in [4.78, 5) is 4.10. The summed E-state index contributed by atoms with van der Waals surface area (Å²) in [5.74, 6) is 0.821. The van der Waals surface area contributed by atoms with Crippen LogP contribution in [0.1, 0.15) is 18.1 Å². The number of halogens is 2. The van der Waals surface area contributed by atoms with Crippen LogP contribution in [0.3, 0.4) is 0 Å². The monoisotopic (exact) mass is 372 g/mol. The molecule has 0 fully saturated rings. The van der Waals surface area contributed by atoms with Gasteiger partial charge in [-0.1, -0.05) is 53.5 Å². The highest BCUT2D eigenvalue weighted by molar-refractivity contribution is 6.35. The van der Waals surface area contributed by atoms with Crippen LogP contribution in [-0.4, -0.2) is 9.55 Å². The van der Waals surface area contributed by atoms with E-state index in [2.05, 4.69) is 17.1 Å². The summed E-state index contributed by atoms with van der Waals surface area (Å²) in [6.07, 6.45) is 7.62. The van der Waals surface area contributed by atoms with Crippen molar-refractivity contribution < 1.29 is 4.74 Å². The molecule has 25 heavy (non-hydrogen) atoms. The molecule has 3 rings (SSSR count). The highest BCUT2D eigenvalue weighted by Gasteiger charge is 2.10. The van der Waals surface area contributed by atoms with E-state index < -0.39 is 0 Å². The molecule has 1 heterocycles. The van der Waals surface area contributed by atoms with E-state index in [0.29, 0.717) is 16.7 Å². The second kappa shape index (κ2) is 8.24. The Morgan fingerprint density at radius 2 is 2.04 bits per heavy atom. The van der Waals surface area contributed by atoms with E-state index in [1.54, 1.807) is 18.6 Å². The topological polar surface area (TPSA) is 27.1 Å². The fraction of sp³-hybridized carbons (Fsp3) is 0.150. The first-order valence-corrected chi connectivity index (χ1v) is 8.70. The Kier molecular flexibility index (Phi) is 5.79. The van der Waals surface area contributed by atoms with Gasteiger partial charge in [0.2, 0.25) is 0 Å². The van der Waals surface area contributed by atoms with Crippen LogP contribution >= 0.6 is 23.2 Å². The average molecular weight is 373 g/mol. The van der Waals surface area contributed by atoms with E-state index in [1.165, 1.54) is 0 Å². The van der Waals surface area contributed by atoms with Crippen LogP contribution in [0.15, 0.2) is 67.3 Å². The quantitative estimate of drug-likeness (QED) is 0.540. The van der Waals surface area contributed by atoms with Gasteiger partial charge in [-0.25, -0.2) is 4.98 Å². The zero-order valence-electron chi connectivity index (χ0n) is 13.8. The van der Waals surface area contributed by atoms with Crippen molar-refractivity contribution in [2.24, 2.45) is 0 Å². The Bertz CT molecular complexity index is 873. The number of ether oxygens (including phenoxy) is 1. The fourth-order valence-electron chi connectivity index (χ4n) is 2.56. The van der Waals surface area contributed by atoms with Gasteiger partial charge >= 0.3 is 0 Å². The molecule has 0 saturated heterocycles. The molecule has 128 valence electrons. The molecule has 0 radical (unpaired) electrons. The highest BCUT2D eigenvalue weighted by atomic mass is 35.5. The molecule has 0 spiro atoms. The van der Waals surface area contributed by atoms with Crippen molar-refractivity contribution in [2.45, 2.75) is 20.1 Å². The van der Waals surface area contributed by atoms with E-state index in [4.69, 9.17) is 27.9 Å². The molecular formula is C20H18Cl2N2O. The number of nitrogens with zero attached hydrogens (tertiary/aromatic N) is 2. The van der Waals surface area contributed by atoms with Gasteiger partial charge in [-0.3, -0.25) is 0 Å². The zero-order valence-corrected chi connectivity index (χ0v) is 15.3. The predicted molar refractivity (Wildman–Crippen MR) is 103 cm³/mol. The van der Waals surface area contributed by atoms with E-state index in [9.17, 15) is 0 Å². The van der Waals surface area contributed by atoms with Gasteiger partial charge in [0.15, 0.2) is 0 Å². The molecule has 0 atom stereocenters. The van der Waals surface area contributed by atoms with Gasteiger partial charge in [-0.15, -0.1) is 0 Å². The molecule has 5 heteroatoms. The lowest BCUT2D eigenvalue weighted by Crippen LogP contribution is -2.02. The maximum atomic E-state index is 6.23. The number of hydrogen-bond donors (Lipinski definition) is 0. The largest absolute Gasteiger partial charge is 0.488 e. The van der Waals surface area contributed by atoms with Crippen molar-refractivity contribution in [1.82, 2.24) is 9.55 Å². The summed E-state index contributed by atoms with van der Waals surface area (Å²) in [6.45, 7) is 3.15. The Labute approximate surface area is 157 Å². The SMILES string of the molecule is CC=C(Cn1ccnc1)c1ccccc1OCc1ccc(Cl)cc1Cl. The molecule has 3 aromatic rings. The van der Waals surface area contributed by atoms with E-state index in [-0.39, 0.29) is 0 Å². The van der Waals surface area contributed by atoms with Gasteiger partial charge in [0.1, 0.15) is 12.4 Å². The summed E-state index contributed by atoms with van der Waals surface area (Å²) < 4.78 is 8.08. The van der Waals surface area contributed by atoms with Gasteiger partial charge in [0, 0.05) is 40.1 Å². The second-order valence-corrected chi connectivity index (χ2v) is 6.41. The molecule has 0 saturated carbocycles. The number of allylic oxidation sites excluding steroid dienone is 2. The van der Waals surface area contributed by atoms with Gasteiger partial charge in [0.05, 0.1) is 6.33 Å². The van der Waals surface area contributed by atoms with Crippen molar-refractivity contribution >= 4 is 28.8 Å². The van der Waals surface area contributed by atoms with Crippen LogP contribution in [0.25, 0.3) is 5.57 Å². The van der Waals surface area contributed by atoms with Gasteiger partial charge < -0.3 is 9.30 Å². The van der Waals surface area contributed by atoms with E-state index >= 15 is 0 Å². The molecule has 3 nitrogen and oxygen atoms in total. The predicted octanol–water partition coefficient (Wildman–Crippen LogP) is 5.87. The molecule has 1 aromatic heterocycles. The molecular weight excluding hydrogens is 355 g/mol. The van der Waals surface area contributed by atoms with Crippen molar-refractivity contribution in [3.05, 3.63) is 88.4 Å². The molecule has 0 aliphatic heterocycles. The normalized spacial score (nSPS) is 11.6. The Balaban J connectivity index is 1.80. The molecule has 0 unspecified atom stereocenters. The summed E-state index contributed by atoms with van der Waals surface area (Å²) in [5, 5.41) is 1.22. The average Bonchev–Trinajstić information content (AvgIpc) is 3.12. The lowest BCUT2D eigenvalue weighted by atomic mass is 10.0. The van der Waals surface area contributed by atoms with Crippen molar-refractivity contribution in [3.63, 3.8) is 0 Å². The fourth-order valence-corrected chi connectivity index (χ4v) is 3.02. The van der Waals surface area contributed by atoms with E-state index in [1.807, 2.05) is 48.0 Å². The van der Waals surface area contributed by atoms with Crippen molar-refractivity contribution in [1.29, 1.82) is 0 Å². The molecule has 2 aromatic carbocycles. The number of hydrogen-bond acceptors (Lipinski definition) is 2. The van der Waals surface area contributed by atoms with Crippen LogP contribution in [-0.2, 0) is 13.2 Å². The summed E-state index contributed by atoms with van der Waals surface area (Å²) in [6, 6.07) is 13.4. The smallest absolute Gasteiger partial charge is 0.127 e. The number of aromatic nitrogens is 2. The van der Waals surface area contributed by atoms with Crippen LogP contribution in [0.2, 0.25) is 10.0 Å². The van der Waals surface area contributed by atoms with Gasteiger partial charge in [0.25, 0.3) is 0 Å². The first kappa shape index (κ1) is 17.6. The number of imidazole rings is 1. The lowest BCUT2D eigenvalue weighted by molar-refractivity contribution is 0.305. The van der Waals surface area contributed by atoms with Crippen LogP contribution in [0.5, 0.6) is 5.75 Å². The van der Waals surface area contributed by atoms with Crippen molar-refractivity contribution in [2.75, 3.05) is 0 Å². The van der Waals surface area contributed by atoms with Crippen molar-refractivity contribution in [3.8, 4) is 5.75 Å². The Hall–Kier alpha value is -2.23. The Morgan fingerprint density at radius 1 is 1.20 bits per heavy atom. The summed E-state index contributed by atoms with van der Waals surface area (Å²) in [7, 11) is 0. The minimum atomic E-state index is 0.384. The minimum Gasteiger partial charge on any atom is -0.488 e. The molecule has 0 amide bonds. The molecule has 0 aliphatic rings. The number of para-hydroxylation sites is 1. The maximum Gasteiger partial charge on any atom is 0.127 e. The van der Waals surface area contributed by atoms with Gasteiger partial charge in [-0.05, 0) is 30.7 Å². The standard InChI is InChI=1S/C20H18Cl2N2O/c1-2-15(12-24-10-9-23-14-24)18-5-3-4-6-20(18)25-13-16-7-8-17(21)11-19(16)22/h2-11,14H,12-13H2,1H3. The summed E-state index contributed by atoms with van der Waals surface area (Å²) in [5.41, 5.74) is 3.12. The third-order valence-corrected chi connectivity index (χ3v) is 4.48. The molecule has 0 bridgehead atoms. The highest BCUT2D eigenvalue weighted by Crippen LogP contribution is 2.29. The number of rotatable bonds is 6. The second-order valence-electron chi connectivity index (χ2n) is 5.57. The Morgan fingerprint density at radius 3 is 2.76 bits per heavy atom. The van der Waals surface area contributed by atoms with Crippen LogP contribution in [0.4, 0.5) is 0 Å². The lowest BCUT2D eigenvalue weighted by Gasteiger charge is -2.15. The third kappa shape index (κ3) is 4.44. The zero-order chi connectivity index (χ0) is 17.6.